The topological polar surface area (TPSA) is 112 Å². The highest BCUT2D eigenvalue weighted by Crippen LogP contribution is 2.30. The average molecular weight is 478 g/mol. The van der Waals surface area contributed by atoms with Crippen molar-refractivity contribution in [3.05, 3.63) is 89.3 Å². The number of anilines is 1. The molecular formula is C24H23N5O4S. The number of ether oxygens (including phenoxy) is 1. The van der Waals surface area contributed by atoms with E-state index in [0.717, 1.165) is 5.41 Å². The van der Waals surface area contributed by atoms with E-state index in [1.807, 2.05) is 30.3 Å². The Morgan fingerprint density at radius 2 is 1.76 bits per heavy atom. The summed E-state index contributed by atoms with van der Waals surface area (Å²) in [6.45, 7) is 3.88. The maximum absolute atomic E-state index is 13.7. The van der Waals surface area contributed by atoms with Crippen molar-refractivity contribution >= 4 is 26.9 Å². The first-order valence-corrected chi connectivity index (χ1v) is 12.2. The molecule has 4 aromatic rings. The number of benzene rings is 2. The predicted molar refractivity (Wildman–Crippen MR) is 131 cm³/mol. The Labute approximate surface area is 196 Å². The van der Waals surface area contributed by atoms with E-state index in [1.165, 1.54) is 8.87 Å². The first-order chi connectivity index (χ1) is 16.4. The first kappa shape index (κ1) is 21.9. The molecule has 34 heavy (non-hydrogen) atoms. The molecule has 1 atom stereocenters. The highest BCUT2D eigenvalue weighted by Gasteiger charge is 2.33. The molecule has 1 saturated heterocycles. The van der Waals surface area contributed by atoms with Gasteiger partial charge in [-0.2, -0.15) is 4.31 Å². The average Bonchev–Trinajstić information content (AvgIpc) is 3.44. The van der Waals surface area contributed by atoms with Gasteiger partial charge in [-0.15, -0.1) is 0 Å². The van der Waals surface area contributed by atoms with Gasteiger partial charge < -0.3 is 10.5 Å². The number of aromatic nitrogens is 3. The van der Waals surface area contributed by atoms with E-state index in [1.54, 1.807) is 41.1 Å². The number of hydrogen-bond acceptors (Lipinski definition) is 6. The molecule has 0 spiro atoms. The van der Waals surface area contributed by atoms with Crippen molar-refractivity contribution in [2.45, 2.75) is 12.5 Å². The van der Waals surface area contributed by atoms with Gasteiger partial charge in [-0.1, -0.05) is 24.8 Å². The third-order valence-electron chi connectivity index (χ3n) is 5.95. The van der Waals surface area contributed by atoms with Crippen LogP contribution >= 0.6 is 0 Å². The number of nitrogens with two attached hydrogens (primary N) is 1. The van der Waals surface area contributed by atoms with Crippen LogP contribution in [0.1, 0.15) is 12.5 Å². The van der Waals surface area contributed by atoms with Gasteiger partial charge in [0.25, 0.3) is 0 Å². The van der Waals surface area contributed by atoms with Crippen molar-refractivity contribution in [2.75, 3.05) is 18.8 Å². The fourth-order valence-corrected chi connectivity index (χ4v) is 5.28. The molecule has 1 fully saturated rings. The Hall–Kier alpha value is -3.89. The monoisotopic (exact) mass is 477 g/mol. The van der Waals surface area contributed by atoms with Crippen molar-refractivity contribution in [1.82, 2.24) is 18.4 Å². The van der Waals surface area contributed by atoms with Crippen LogP contribution in [0.15, 0.2) is 83.6 Å². The van der Waals surface area contributed by atoms with Gasteiger partial charge in [0, 0.05) is 24.7 Å². The van der Waals surface area contributed by atoms with Crippen LogP contribution in [0.25, 0.3) is 16.7 Å². The van der Waals surface area contributed by atoms with Crippen molar-refractivity contribution in [3.8, 4) is 17.2 Å². The van der Waals surface area contributed by atoms with Gasteiger partial charge in [0.05, 0.1) is 17.2 Å². The van der Waals surface area contributed by atoms with E-state index >= 15 is 0 Å². The quantitative estimate of drug-likeness (QED) is 0.456. The summed E-state index contributed by atoms with van der Waals surface area (Å²) in [4.78, 5) is 17.8. The molecule has 1 aliphatic rings. The van der Waals surface area contributed by atoms with E-state index in [4.69, 9.17) is 10.5 Å². The van der Waals surface area contributed by atoms with Crippen LogP contribution < -0.4 is 16.2 Å². The summed E-state index contributed by atoms with van der Waals surface area (Å²) in [5.41, 5.74) is 7.57. The minimum atomic E-state index is -3.57. The summed E-state index contributed by atoms with van der Waals surface area (Å²) < 4.78 is 34.8. The van der Waals surface area contributed by atoms with Gasteiger partial charge in [-0.05, 0) is 48.9 Å². The number of pyridine rings is 1. The van der Waals surface area contributed by atoms with Crippen LogP contribution in [-0.4, -0.2) is 39.9 Å². The molecule has 2 aromatic carbocycles. The fourth-order valence-electron chi connectivity index (χ4n) is 4.33. The second kappa shape index (κ2) is 8.47. The minimum absolute atomic E-state index is 0.180. The van der Waals surface area contributed by atoms with Crippen LogP contribution in [0.4, 0.5) is 5.82 Å². The molecule has 2 aromatic heterocycles. The molecule has 0 saturated carbocycles. The second-order valence-electron chi connectivity index (χ2n) is 7.97. The molecule has 2 N–H and O–H groups in total. The number of nitrogens with zero attached hydrogens (tertiary/aromatic N) is 4. The Balaban J connectivity index is 1.56. The number of hydrogen-bond donors (Lipinski definition) is 1. The van der Waals surface area contributed by atoms with Crippen LogP contribution in [0.5, 0.6) is 11.5 Å². The van der Waals surface area contributed by atoms with Crippen LogP contribution in [0.3, 0.4) is 0 Å². The van der Waals surface area contributed by atoms with E-state index < -0.39 is 10.0 Å². The number of nitrogen functional groups attached to an aromatic ring is 1. The smallest absolute Gasteiger partial charge is 0.334 e. The van der Waals surface area contributed by atoms with Crippen molar-refractivity contribution in [3.63, 3.8) is 0 Å². The normalized spacial score (nSPS) is 16.6. The minimum Gasteiger partial charge on any atom is -0.457 e. The van der Waals surface area contributed by atoms with Gasteiger partial charge in [-0.3, -0.25) is 9.13 Å². The van der Waals surface area contributed by atoms with E-state index in [-0.39, 0.29) is 24.1 Å². The molecule has 0 aliphatic carbocycles. The highest BCUT2D eigenvalue weighted by atomic mass is 32.2. The highest BCUT2D eigenvalue weighted by molar-refractivity contribution is 7.92. The third kappa shape index (κ3) is 3.76. The van der Waals surface area contributed by atoms with E-state index in [9.17, 15) is 13.2 Å². The largest absolute Gasteiger partial charge is 0.457 e. The lowest BCUT2D eigenvalue weighted by Gasteiger charge is -2.14. The van der Waals surface area contributed by atoms with Crippen LogP contribution in [0.2, 0.25) is 0 Å². The fraction of sp³-hybridized carbons (Fsp3) is 0.167. The molecular weight excluding hydrogens is 454 g/mol. The van der Waals surface area contributed by atoms with E-state index in [0.29, 0.717) is 41.2 Å². The molecule has 5 rings (SSSR count). The summed E-state index contributed by atoms with van der Waals surface area (Å²) in [7, 11) is -3.57. The lowest BCUT2D eigenvalue weighted by atomic mass is 10.2. The van der Waals surface area contributed by atoms with Gasteiger partial charge >= 0.3 is 5.69 Å². The molecule has 0 unspecified atom stereocenters. The number of fused-ring (bicyclic) bond motifs is 1. The SMILES string of the molecule is C=CS(=O)(=O)N1CC[C@@H](n2c(=O)n(-c3ccc(Oc4ccccc4)cc3)c3c(N)nccc32)C1. The predicted octanol–water partition coefficient (Wildman–Crippen LogP) is 3.28. The lowest BCUT2D eigenvalue weighted by Crippen LogP contribution is -2.31. The number of imidazole rings is 1. The second-order valence-corrected chi connectivity index (χ2v) is 9.85. The van der Waals surface area contributed by atoms with Crippen LogP contribution in [-0.2, 0) is 10.0 Å². The van der Waals surface area contributed by atoms with Crippen molar-refractivity contribution in [1.29, 1.82) is 0 Å². The summed E-state index contributed by atoms with van der Waals surface area (Å²) in [5.74, 6) is 1.54. The Bertz CT molecular complexity index is 1530. The zero-order valence-corrected chi connectivity index (χ0v) is 19.1. The first-order valence-electron chi connectivity index (χ1n) is 10.7. The molecule has 0 amide bonds. The molecule has 0 bridgehead atoms. The van der Waals surface area contributed by atoms with Gasteiger partial charge in [-0.25, -0.2) is 18.2 Å². The maximum Gasteiger partial charge on any atom is 0.334 e. The standard InChI is InChI=1S/C24H23N5O4S/c1-2-34(31,32)27-15-13-18(16-27)28-21-12-14-26-23(25)22(21)29(24(28)30)17-8-10-20(11-9-17)33-19-6-4-3-5-7-19/h2-12,14,18H,1,13,15-16H2,(H2,25,26)/t18-/m1/s1. The number of sulfonamides is 1. The van der Waals surface area contributed by atoms with Crippen LogP contribution in [0, 0.1) is 0 Å². The summed E-state index contributed by atoms with van der Waals surface area (Å²) in [6, 6.07) is 17.9. The van der Waals surface area contributed by atoms with Crippen molar-refractivity contribution in [2.24, 2.45) is 0 Å². The zero-order chi connectivity index (χ0) is 23.9. The number of rotatable bonds is 6. The lowest BCUT2D eigenvalue weighted by molar-refractivity contribution is 0.457. The molecule has 9 nitrogen and oxygen atoms in total. The van der Waals surface area contributed by atoms with Gasteiger partial charge in [0.15, 0.2) is 0 Å². The van der Waals surface area contributed by atoms with Gasteiger partial charge in [0.2, 0.25) is 10.0 Å². The molecule has 10 heteroatoms. The molecule has 174 valence electrons. The summed E-state index contributed by atoms with van der Waals surface area (Å²) in [6.07, 6.45) is 2.04. The van der Waals surface area contributed by atoms with E-state index in [2.05, 4.69) is 11.6 Å². The third-order valence-corrected chi connectivity index (χ3v) is 7.42. The molecule has 1 aliphatic heterocycles. The molecule has 0 radical (unpaired) electrons. The summed E-state index contributed by atoms with van der Waals surface area (Å²) >= 11 is 0. The van der Waals surface area contributed by atoms with Gasteiger partial charge in [0.1, 0.15) is 22.8 Å². The summed E-state index contributed by atoms with van der Waals surface area (Å²) in [5, 5.41) is 0.933. The molecule has 3 heterocycles. The Morgan fingerprint density at radius 3 is 2.47 bits per heavy atom. The Kier molecular flexibility index (Phi) is 5.46. The number of para-hydroxylation sites is 1. The maximum atomic E-state index is 13.7. The zero-order valence-electron chi connectivity index (χ0n) is 18.2. The Morgan fingerprint density at radius 1 is 1.06 bits per heavy atom. The van der Waals surface area contributed by atoms with Crippen molar-refractivity contribution < 1.29 is 13.2 Å².